The van der Waals surface area contributed by atoms with Crippen LogP contribution in [0.5, 0.6) is 0 Å². The maximum atomic E-state index is 12.8. The van der Waals surface area contributed by atoms with Gasteiger partial charge in [-0.05, 0) is 68.7 Å². The third-order valence-corrected chi connectivity index (χ3v) is 7.94. The van der Waals surface area contributed by atoms with Crippen molar-refractivity contribution >= 4 is 28.6 Å². The van der Waals surface area contributed by atoms with Crippen LogP contribution in [0.4, 0.5) is 11.4 Å². The molecule has 0 radical (unpaired) electrons. The zero-order valence-electron chi connectivity index (χ0n) is 18.3. The summed E-state index contributed by atoms with van der Waals surface area (Å²) in [7, 11) is 0. The lowest BCUT2D eigenvalue weighted by Crippen LogP contribution is -2.45. The first-order chi connectivity index (χ1) is 15.1. The van der Waals surface area contributed by atoms with Crippen molar-refractivity contribution in [2.75, 3.05) is 29.9 Å². The Morgan fingerprint density at radius 1 is 1.13 bits per heavy atom. The van der Waals surface area contributed by atoms with E-state index in [1.807, 2.05) is 6.07 Å². The zero-order valence-corrected chi connectivity index (χ0v) is 19.1. The van der Waals surface area contributed by atoms with Crippen molar-refractivity contribution < 1.29 is 4.79 Å². The van der Waals surface area contributed by atoms with E-state index in [4.69, 9.17) is 0 Å². The van der Waals surface area contributed by atoms with Gasteiger partial charge in [0.15, 0.2) is 0 Å². The zero-order chi connectivity index (χ0) is 21.8. The van der Waals surface area contributed by atoms with Crippen molar-refractivity contribution in [3.05, 3.63) is 42.8 Å². The van der Waals surface area contributed by atoms with Crippen LogP contribution in [0.25, 0.3) is 0 Å². The number of anilines is 2. The average Bonchev–Trinajstić information content (AvgIpc) is 3.35. The van der Waals surface area contributed by atoms with Crippen molar-refractivity contribution in [1.29, 1.82) is 0 Å². The smallest absolute Gasteiger partial charge is 0.253 e. The lowest BCUT2D eigenvalue weighted by atomic mass is 9.81. The van der Waals surface area contributed by atoms with E-state index < -0.39 is 0 Å². The first kappa shape index (κ1) is 22.1. The number of hydrogen-bond donors (Lipinski definition) is 2. The molecular weight excluding hydrogens is 410 g/mol. The normalized spacial score (nSPS) is 22.9. The molecule has 1 aliphatic carbocycles. The highest BCUT2D eigenvalue weighted by molar-refractivity contribution is 7.10. The monoisotopic (exact) mass is 443 g/mol. The Morgan fingerprint density at radius 3 is 2.52 bits per heavy atom. The molecule has 1 atom stereocenters. The molecule has 2 aromatic rings. The molecule has 31 heavy (non-hydrogen) atoms. The molecule has 1 saturated heterocycles. The summed E-state index contributed by atoms with van der Waals surface area (Å²) in [6, 6.07) is 4.22. The summed E-state index contributed by atoms with van der Waals surface area (Å²) >= 11 is 1.69. The van der Waals surface area contributed by atoms with Gasteiger partial charge >= 0.3 is 0 Å². The summed E-state index contributed by atoms with van der Waals surface area (Å²) in [5.74, 6) is 0.670. The highest BCUT2D eigenvalue weighted by Crippen LogP contribution is 2.31. The summed E-state index contributed by atoms with van der Waals surface area (Å²) in [6.45, 7) is 4.54. The molecule has 2 aliphatic rings. The number of carbonyl (C=O) groups is 1. The maximum absolute atomic E-state index is 12.8. The van der Waals surface area contributed by atoms with Gasteiger partial charge in [-0.1, -0.05) is 13.0 Å². The number of nitrogens with one attached hydrogen (secondary N) is 2. The number of carbonyl (C=O) groups excluding carboxylic acids is 1. The van der Waals surface area contributed by atoms with Gasteiger partial charge in [0.05, 0.1) is 6.04 Å². The molecule has 6 nitrogen and oxygen atoms in total. The molecule has 0 bridgehead atoms. The minimum absolute atomic E-state index is 0.0697. The van der Waals surface area contributed by atoms with Crippen molar-refractivity contribution in [1.82, 2.24) is 5.32 Å². The van der Waals surface area contributed by atoms with Crippen LogP contribution in [-0.2, 0) is 4.79 Å². The molecule has 2 fully saturated rings. The standard InChI is InChI=1S/C24H33N3O3S/c1-2-18(19-7-6-14-31-19)26-24(30)17-10-8-16(9-11-17)15-25-20-21(23(29)22(20)28)27-12-4-3-5-13-27/h6-7,14,16-18,25H,2-5,8-13,15H2,1H3,(H,26,30)/t16?,17?,18-/m1/s1. The first-order valence-corrected chi connectivity index (χ1v) is 12.6. The fraction of sp³-hybridized carbons (Fsp3) is 0.625. The molecule has 1 aliphatic heterocycles. The van der Waals surface area contributed by atoms with Crippen LogP contribution in [-0.4, -0.2) is 25.5 Å². The second-order valence-corrected chi connectivity index (χ2v) is 9.99. The summed E-state index contributed by atoms with van der Waals surface area (Å²) in [6.07, 6.45) is 7.94. The van der Waals surface area contributed by atoms with Gasteiger partial charge in [-0.3, -0.25) is 14.4 Å². The summed E-state index contributed by atoms with van der Waals surface area (Å²) in [4.78, 5) is 40.3. The third kappa shape index (κ3) is 4.86. The summed E-state index contributed by atoms with van der Waals surface area (Å²) < 4.78 is 0. The van der Waals surface area contributed by atoms with Crippen molar-refractivity contribution in [3.8, 4) is 0 Å². The molecule has 2 heterocycles. The number of thiophene rings is 1. The Balaban J connectivity index is 1.26. The van der Waals surface area contributed by atoms with E-state index in [2.05, 4.69) is 33.9 Å². The molecule has 1 aromatic carbocycles. The quantitative estimate of drug-likeness (QED) is 0.607. The highest BCUT2D eigenvalue weighted by atomic mass is 32.1. The first-order valence-electron chi connectivity index (χ1n) is 11.7. The molecule has 0 unspecified atom stereocenters. The minimum atomic E-state index is -0.368. The second-order valence-electron chi connectivity index (χ2n) is 9.01. The van der Waals surface area contributed by atoms with Crippen LogP contribution in [0.3, 0.4) is 0 Å². The molecule has 4 rings (SSSR count). The van der Waals surface area contributed by atoms with Gasteiger partial charge in [0.2, 0.25) is 5.91 Å². The van der Waals surface area contributed by atoms with Crippen LogP contribution in [0, 0.1) is 11.8 Å². The molecule has 1 aromatic heterocycles. The number of amides is 1. The molecule has 0 spiro atoms. The van der Waals surface area contributed by atoms with E-state index in [0.29, 0.717) is 23.8 Å². The Labute approximate surface area is 187 Å². The van der Waals surface area contributed by atoms with Crippen LogP contribution >= 0.6 is 11.3 Å². The van der Waals surface area contributed by atoms with Gasteiger partial charge < -0.3 is 15.5 Å². The Bertz CT molecular complexity index is 934. The van der Waals surface area contributed by atoms with Crippen LogP contribution in [0.15, 0.2) is 27.1 Å². The van der Waals surface area contributed by atoms with E-state index in [-0.39, 0.29) is 28.7 Å². The van der Waals surface area contributed by atoms with Crippen LogP contribution in [0.2, 0.25) is 0 Å². The van der Waals surface area contributed by atoms with Gasteiger partial charge in [-0.15, -0.1) is 11.3 Å². The molecule has 7 heteroatoms. The Hall–Kier alpha value is -2.15. The third-order valence-electron chi connectivity index (χ3n) is 6.95. The second kappa shape index (κ2) is 9.98. The SMILES string of the molecule is CC[C@@H](NC(=O)C1CCC(CNc2c(N3CCCCC3)c(=O)c2=O)CC1)c1cccs1. The number of hydrogen-bond acceptors (Lipinski definition) is 6. The molecular formula is C24H33N3O3S. The number of nitrogens with zero attached hydrogens (tertiary/aromatic N) is 1. The molecule has 1 saturated carbocycles. The minimum Gasteiger partial charge on any atom is -0.380 e. The van der Waals surface area contributed by atoms with Gasteiger partial charge in [-0.25, -0.2) is 0 Å². The highest BCUT2D eigenvalue weighted by Gasteiger charge is 2.30. The van der Waals surface area contributed by atoms with E-state index in [0.717, 1.165) is 58.0 Å². The Kier molecular flexibility index (Phi) is 7.10. The largest absolute Gasteiger partial charge is 0.380 e. The fourth-order valence-corrected chi connectivity index (χ4v) is 5.85. The lowest BCUT2D eigenvalue weighted by Gasteiger charge is -2.32. The predicted octanol–water partition coefficient (Wildman–Crippen LogP) is 3.82. The van der Waals surface area contributed by atoms with Gasteiger partial charge in [0, 0.05) is 30.4 Å². The summed E-state index contributed by atoms with van der Waals surface area (Å²) in [5.41, 5.74) is 0.430. The van der Waals surface area contributed by atoms with E-state index in [1.54, 1.807) is 11.3 Å². The molecule has 2 N–H and O–H groups in total. The molecule has 168 valence electrons. The van der Waals surface area contributed by atoms with Crippen molar-refractivity contribution in [2.24, 2.45) is 11.8 Å². The predicted molar refractivity (Wildman–Crippen MR) is 127 cm³/mol. The van der Waals surface area contributed by atoms with Crippen LogP contribution in [0.1, 0.15) is 69.2 Å². The van der Waals surface area contributed by atoms with Gasteiger partial charge in [0.25, 0.3) is 10.9 Å². The van der Waals surface area contributed by atoms with Gasteiger partial charge in [-0.2, -0.15) is 0 Å². The average molecular weight is 444 g/mol. The van der Waals surface area contributed by atoms with Gasteiger partial charge in [0.1, 0.15) is 11.4 Å². The number of piperidine rings is 1. The molecule has 1 amide bonds. The summed E-state index contributed by atoms with van der Waals surface area (Å²) in [5, 5.41) is 8.57. The van der Waals surface area contributed by atoms with E-state index in [9.17, 15) is 14.4 Å². The maximum Gasteiger partial charge on any atom is 0.253 e. The Morgan fingerprint density at radius 2 is 1.87 bits per heavy atom. The fourth-order valence-electron chi connectivity index (χ4n) is 4.99. The number of rotatable bonds is 8. The van der Waals surface area contributed by atoms with Crippen molar-refractivity contribution in [2.45, 2.75) is 64.3 Å². The topological polar surface area (TPSA) is 78.5 Å². The van der Waals surface area contributed by atoms with Crippen LogP contribution < -0.4 is 26.4 Å². The van der Waals surface area contributed by atoms with E-state index >= 15 is 0 Å². The van der Waals surface area contributed by atoms with E-state index in [1.165, 1.54) is 11.3 Å². The lowest BCUT2D eigenvalue weighted by molar-refractivity contribution is -0.127. The van der Waals surface area contributed by atoms with Crippen molar-refractivity contribution in [3.63, 3.8) is 0 Å².